The lowest BCUT2D eigenvalue weighted by Gasteiger charge is -2.32. The summed E-state index contributed by atoms with van der Waals surface area (Å²) in [4.78, 5) is 26.6. The maximum Gasteiger partial charge on any atom is 0.251 e. The molecule has 3 N–H and O–H groups in total. The number of hydrogen-bond acceptors (Lipinski definition) is 4. The highest BCUT2D eigenvalue weighted by Crippen LogP contribution is 2.16. The van der Waals surface area contributed by atoms with E-state index in [4.69, 9.17) is 10.5 Å². The number of nitrogens with zero attached hydrogens (tertiary/aromatic N) is 1. The quantitative estimate of drug-likeness (QED) is 0.685. The Morgan fingerprint density at radius 3 is 2.61 bits per heavy atom. The first-order valence-electron chi connectivity index (χ1n) is 10.0. The van der Waals surface area contributed by atoms with Crippen LogP contribution < -0.4 is 11.1 Å². The van der Waals surface area contributed by atoms with Crippen LogP contribution in [0.3, 0.4) is 0 Å². The zero-order valence-corrected chi connectivity index (χ0v) is 16.2. The van der Waals surface area contributed by atoms with E-state index in [1.54, 1.807) is 0 Å². The van der Waals surface area contributed by atoms with E-state index in [1.807, 2.05) is 47.4 Å². The van der Waals surface area contributed by atoms with Crippen molar-refractivity contribution in [2.45, 2.75) is 31.8 Å². The molecule has 6 heteroatoms. The van der Waals surface area contributed by atoms with Crippen molar-refractivity contribution < 1.29 is 14.3 Å². The molecule has 0 aliphatic carbocycles. The summed E-state index contributed by atoms with van der Waals surface area (Å²) in [7, 11) is 0. The van der Waals surface area contributed by atoms with Gasteiger partial charge in [-0.3, -0.25) is 9.59 Å². The van der Waals surface area contributed by atoms with Crippen molar-refractivity contribution >= 4 is 22.6 Å². The molecule has 0 atom stereocenters. The van der Waals surface area contributed by atoms with Gasteiger partial charge in [-0.15, -0.1) is 0 Å². The van der Waals surface area contributed by atoms with Crippen LogP contribution in [0.1, 0.15) is 36.0 Å². The van der Waals surface area contributed by atoms with Gasteiger partial charge in [0.15, 0.2) is 0 Å². The standard InChI is InChI=1S/C22H29N3O3/c23-11-3-15-28-20-9-13-25(14-10-20)21(26)8-12-24-22(27)19-7-6-17-4-1-2-5-18(17)16-19/h1-2,4-7,16,20H,3,8-15,23H2,(H,24,27). The lowest BCUT2D eigenvalue weighted by atomic mass is 10.1. The average molecular weight is 383 g/mol. The average Bonchev–Trinajstić information content (AvgIpc) is 2.74. The summed E-state index contributed by atoms with van der Waals surface area (Å²) >= 11 is 0. The SMILES string of the molecule is NCCCOC1CCN(C(=O)CCNC(=O)c2ccc3ccccc3c2)CC1. The Labute approximate surface area is 166 Å². The minimum atomic E-state index is -0.148. The molecular weight excluding hydrogens is 354 g/mol. The molecule has 0 spiro atoms. The van der Waals surface area contributed by atoms with Gasteiger partial charge >= 0.3 is 0 Å². The first-order valence-corrected chi connectivity index (χ1v) is 10.0. The van der Waals surface area contributed by atoms with Crippen molar-refractivity contribution in [2.24, 2.45) is 5.73 Å². The van der Waals surface area contributed by atoms with Gasteiger partial charge in [-0.1, -0.05) is 30.3 Å². The molecule has 0 bridgehead atoms. The van der Waals surface area contributed by atoms with E-state index in [-0.39, 0.29) is 17.9 Å². The Kier molecular flexibility index (Phi) is 7.39. The maximum atomic E-state index is 12.4. The lowest BCUT2D eigenvalue weighted by molar-refractivity contribution is -0.133. The van der Waals surface area contributed by atoms with Gasteiger partial charge in [-0.25, -0.2) is 0 Å². The van der Waals surface area contributed by atoms with Crippen LogP contribution in [0, 0.1) is 0 Å². The Morgan fingerprint density at radius 1 is 1.11 bits per heavy atom. The van der Waals surface area contributed by atoms with E-state index >= 15 is 0 Å². The van der Waals surface area contributed by atoms with E-state index in [2.05, 4.69) is 5.32 Å². The van der Waals surface area contributed by atoms with Gasteiger partial charge in [-0.2, -0.15) is 0 Å². The molecule has 3 rings (SSSR count). The number of nitrogens with two attached hydrogens (primary N) is 1. The van der Waals surface area contributed by atoms with E-state index < -0.39 is 0 Å². The van der Waals surface area contributed by atoms with Gasteiger partial charge in [0.25, 0.3) is 5.91 Å². The molecule has 0 unspecified atom stereocenters. The molecule has 1 aliphatic rings. The molecule has 1 saturated heterocycles. The van der Waals surface area contributed by atoms with Gasteiger partial charge < -0.3 is 20.7 Å². The molecule has 28 heavy (non-hydrogen) atoms. The smallest absolute Gasteiger partial charge is 0.251 e. The van der Waals surface area contributed by atoms with Crippen molar-refractivity contribution in [3.63, 3.8) is 0 Å². The van der Waals surface area contributed by atoms with Crippen LogP contribution in [0.5, 0.6) is 0 Å². The molecule has 150 valence electrons. The monoisotopic (exact) mass is 383 g/mol. The predicted molar refractivity (Wildman–Crippen MR) is 110 cm³/mol. The van der Waals surface area contributed by atoms with Crippen LogP contribution in [0.2, 0.25) is 0 Å². The maximum absolute atomic E-state index is 12.4. The molecule has 2 amide bonds. The van der Waals surface area contributed by atoms with Crippen LogP contribution in [0.25, 0.3) is 10.8 Å². The van der Waals surface area contributed by atoms with E-state index in [0.717, 1.165) is 30.0 Å². The summed E-state index contributed by atoms with van der Waals surface area (Å²) in [6.07, 6.45) is 3.14. The number of likely N-dealkylation sites (tertiary alicyclic amines) is 1. The zero-order chi connectivity index (χ0) is 19.8. The molecule has 1 fully saturated rings. The minimum absolute atomic E-state index is 0.0826. The van der Waals surface area contributed by atoms with Crippen molar-refractivity contribution in [1.82, 2.24) is 10.2 Å². The van der Waals surface area contributed by atoms with Gasteiger partial charge in [0, 0.05) is 38.2 Å². The Morgan fingerprint density at radius 2 is 1.86 bits per heavy atom. The Bertz CT molecular complexity index is 800. The molecule has 0 aromatic heterocycles. The summed E-state index contributed by atoms with van der Waals surface area (Å²) in [5.74, 6) is -0.0650. The first-order chi connectivity index (χ1) is 13.7. The second-order valence-corrected chi connectivity index (χ2v) is 7.16. The lowest BCUT2D eigenvalue weighted by Crippen LogP contribution is -2.42. The van der Waals surface area contributed by atoms with Crippen LogP contribution in [-0.2, 0) is 9.53 Å². The molecular formula is C22H29N3O3. The molecule has 6 nitrogen and oxygen atoms in total. The molecule has 1 heterocycles. The summed E-state index contributed by atoms with van der Waals surface area (Å²) in [5, 5.41) is 4.99. The highest BCUT2D eigenvalue weighted by Gasteiger charge is 2.22. The van der Waals surface area contributed by atoms with Gasteiger partial charge in [-0.05, 0) is 48.7 Å². The van der Waals surface area contributed by atoms with Crippen LogP contribution in [-0.4, -0.2) is 55.6 Å². The normalized spacial score (nSPS) is 15.0. The summed E-state index contributed by atoms with van der Waals surface area (Å²) in [5.41, 5.74) is 6.08. The Hall–Kier alpha value is -2.44. The van der Waals surface area contributed by atoms with E-state index in [1.165, 1.54) is 0 Å². The fraction of sp³-hybridized carbons (Fsp3) is 0.455. The summed E-state index contributed by atoms with van der Waals surface area (Å²) < 4.78 is 5.77. The third kappa shape index (κ3) is 5.53. The number of amides is 2. The second-order valence-electron chi connectivity index (χ2n) is 7.16. The van der Waals surface area contributed by atoms with Gasteiger partial charge in [0.1, 0.15) is 0 Å². The fourth-order valence-corrected chi connectivity index (χ4v) is 3.48. The van der Waals surface area contributed by atoms with Gasteiger partial charge in [0.2, 0.25) is 5.91 Å². The molecule has 0 saturated carbocycles. The number of carbonyl (C=O) groups excluding carboxylic acids is 2. The third-order valence-corrected chi connectivity index (χ3v) is 5.13. The fourth-order valence-electron chi connectivity index (χ4n) is 3.48. The minimum Gasteiger partial charge on any atom is -0.378 e. The van der Waals surface area contributed by atoms with Crippen molar-refractivity contribution in [2.75, 3.05) is 32.8 Å². The molecule has 1 aliphatic heterocycles. The number of carbonyl (C=O) groups is 2. The highest BCUT2D eigenvalue weighted by atomic mass is 16.5. The number of rotatable bonds is 8. The van der Waals surface area contributed by atoms with E-state index in [9.17, 15) is 9.59 Å². The summed E-state index contributed by atoms with van der Waals surface area (Å²) in [6.45, 7) is 3.10. The number of fused-ring (bicyclic) bond motifs is 1. The zero-order valence-electron chi connectivity index (χ0n) is 16.2. The number of piperidine rings is 1. The first kappa shape index (κ1) is 20.3. The largest absolute Gasteiger partial charge is 0.378 e. The molecule has 2 aromatic carbocycles. The molecule has 0 radical (unpaired) electrons. The summed E-state index contributed by atoms with van der Waals surface area (Å²) in [6, 6.07) is 13.6. The number of hydrogen-bond donors (Lipinski definition) is 2. The van der Waals surface area contributed by atoms with Crippen LogP contribution in [0.4, 0.5) is 0 Å². The van der Waals surface area contributed by atoms with Crippen LogP contribution in [0.15, 0.2) is 42.5 Å². The predicted octanol–water partition coefficient (Wildman–Crippen LogP) is 2.32. The van der Waals surface area contributed by atoms with Crippen molar-refractivity contribution in [3.8, 4) is 0 Å². The number of nitrogens with one attached hydrogen (secondary N) is 1. The van der Waals surface area contributed by atoms with Gasteiger partial charge in [0.05, 0.1) is 6.10 Å². The van der Waals surface area contributed by atoms with Crippen molar-refractivity contribution in [3.05, 3.63) is 48.0 Å². The highest BCUT2D eigenvalue weighted by molar-refractivity contribution is 5.98. The Balaban J connectivity index is 1.39. The topological polar surface area (TPSA) is 84.7 Å². The number of benzene rings is 2. The third-order valence-electron chi connectivity index (χ3n) is 5.13. The van der Waals surface area contributed by atoms with Crippen LogP contribution >= 0.6 is 0 Å². The second kappa shape index (κ2) is 10.2. The van der Waals surface area contributed by atoms with E-state index in [0.29, 0.717) is 44.8 Å². The van der Waals surface area contributed by atoms with Crippen molar-refractivity contribution in [1.29, 1.82) is 0 Å². The molecule has 2 aromatic rings. The number of ether oxygens (including phenoxy) is 1.